The number of amides is 2. The van der Waals surface area contributed by atoms with Gasteiger partial charge in [0, 0.05) is 36.6 Å². The number of methoxy groups -OCH3 is 1. The molecule has 1 saturated heterocycles. The predicted octanol–water partition coefficient (Wildman–Crippen LogP) is 3.00. The van der Waals surface area contributed by atoms with Crippen LogP contribution < -0.4 is 4.74 Å². The normalized spacial score (nSPS) is 15.7. The van der Waals surface area contributed by atoms with E-state index in [1.807, 2.05) is 36.6 Å². The highest BCUT2D eigenvalue weighted by atomic mass is 35.5. The smallest absolute Gasteiger partial charge is 0.228 e. The van der Waals surface area contributed by atoms with Gasteiger partial charge in [0.25, 0.3) is 0 Å². The van der Waals surface area contributed by atoms with E-state index < -0.39 is 5.41 Å². The summed E-state index contributed by atoms with van der Waals surface area (Å²) in [5.74, 6) is 0.851. The standard InChI is InChI=1S/C19H27ClN2O3/c1-19(2,3)18(24)22-9-5-8-21(10-11-22)17(23)12-14-6-7-15(25-4)13-16(14)20/h6-7,13H,5,8-12H2,1-4H3. The van der Waals surface area contributed by atoms with E-state index >= 15 is 0 Å². The number of halogens is 1. The zero-order chi connectivity index (χ0) is 18.6. The Bertz CT molecular complexity index is 640. The number of hydrogen-bond donors (Lipinski definition) is 0. The summed E-state index contributed by atoms with van der Waals surface area (Å²) < 4.78 is 5.13. The Hall–Kier alpha value is -1.75. The van der Waals surface area contributed by atoms with Crippen molar-refractivity contribution in [1.29, 1.82) is 0 Å². The Morgan fingerprint density at radius 1 is 1.12 bits per heavy atom. The van der Waals surface area contributed by atoms with Crippen molar-refractivity contribution in [3.8, 4) is 5.75 Å². The minimum Gasteiger partial charge on any atom is -0.497 e. The summed E-state index contributed by atoms with van der Waals surface area (Å²) in [6.07, 6.45) is 1.06. The number of rotatable bonds is 3. The maximum atomic E-state index is 12.6. The lowest BCUT2D eigenvalue weighted by molar-refractivity contribution is -0.139. The van der Waals surface area contributed by atoms with Gasteiger partial charge in [0.2, 0.25) is 11.8 Å². The highest BCUT2D eigenvalue weighted by Gasteiger charge is 2.29. The van der Waals surface area contributed by atoms with Crippen LogP contribution in [-0.2, 0) is 16.0 Å². The average molecular weight is 367 g/mol. The van der Waals surface area contributed by atoms with Gasteiger partial charge in [-0.25, -0.2) is 0 Å². The molecule has 6 heteroatoms. The second-order valence-corrected chi connectivity index (χ2v) is 7.82. The third kappa shape index (κ3) is 5.11. The Labute approximate surface area is 154 Å². The number of nitrogens with zero attached hydrogens (tertiary/aromatic N) is 2. The predicted molar refractivity (Wildman–Crippen MR) is 98.9 cm³/mol. The molecule has 0 aromatic heterocycles. The van der Waals surface area contributed by atoms with Crippen molar-refractivity contribution >= 4 is 23.4 Å². The number of hydrogen-bond acceptors (Lipinski definition) is 3. The molecule has 25 heavy (non-hydrogen) atoms. The maximum absolute atomic E-state index is 12.6. The molecule has 1 aromatic carbocycles. The van der Waals surface area contributed by atoms with Gasteiger partial charge in [-0.05, 0) is 24.1 Å². The molecule has 138 valence electrons. The second kappa shape index (κ2) is 8.09. The maximum Gasteiger partial charge on any atom is 0.228 e. The van der Waals surface area contributed by atoms with E-state index in [2.05, 4.69) is 0 Å². The zero-order valence-electron chi connectivity index (χ0n) is 15.5. The molecule has 2 amide bonds. The molecule has 1 aromatic rings. The van der Waals surface area contributed by atoms with Gasteiger partial charge in [0.15, 0.2) is 0 Å². The van der Waals surface area contributed by atoms with Crippen molar-refractivity contribution in [2.75, 3.05) is 33.3 Å². The van der Waals surface area contributed by atoms with Crippen LogP contribution in [0.15, 0.2) is 18.2 Å². The van der Waals surface area contributed by atoms with E-state index in [0.717, 1.165) is 12.0 Å². The molecule has 0 saturated carbocycles. The average Bonchev–Trinajstić information content (AvgIpc) is 2.81. The lowest BCUT2D eigenvalue weighted by Crippen LogP contribution is -2.42. The third-order valence-electron chi connectivity index (χ3n) is 4.38. The number of carbonyl (C=O) groups is 2. The van der Waals surface area contributed by atoms with Crippen molar-refractivity contribution in [3.63, 3.8) is 0 Å². The summed E-state index contributed by atoms with van der Waals surface area (Å²) in [4.78, 5) is 28.8. The van der Waals surface area contributed by atoms with Crippen molar-refractivity contribution in [1.82, 2.24) is 9.80 Å². The number of carbonyl (C=O) groups excluding carboxylic acids is 2. The molecule has 1 fully saturated rings. The molecule has 0 spiro atoms. The van der Waals surface area contributed by atoms with Crippen LogP contribution in [0, 0.1) is 5.41 Å². The minimum absolute atomic E-state index is 0.0390. The largest absolute Gasteiger partial charge is 0.497 e. The van der Waals surface area contributed by atoms with Gasteiger partial charge in [-0.1, -0.05) is 38.4 Å². The van der Waals surface area contributed by atoms with E-state index in [-0.39, 0.29) is 18.2 Å². The molecule has 0 aliphatic carbocycles. The van der Waals surface area contributed by atoms with E-state index in [0.29, 0.717) is 37.0 Å². The molecule has 2 rings (SSSR count). The van der Waals surface area contributed by atoms with Gasteiger partial charge in [-0.15, -0.1) is 0 Å². The lowest BCUT2D eigenvalue weighted by Gasteiger charge is -2.28. The zero-order valence-corrected chi connectivity index (χ0v) is 16.2. The monoisotopic (exact) mass is 366 g/mol. The fourth-order valence-corrected chi connectivity index (χ4v) is 3.15. The van der Waals surface area contributed by atoms with Gasteiger partial charge in [0.1, 0.15) is 5.75 Å². The molecule has 5 nitrogen and oxygen atoms in total. The fourth-order valence-electron chi connectivity index (χ4n) is 2.92. The molecule has 0 bridgehead atoms. The van der Waals surface area contributed by atoms with Crippen LogP contribution in [0.5, 0.6) is 5.75 Å². The van der Waals surface area contributed by atoms with Gasteiger partial charge in [-0.3, -0.25) is 9.59 Å². The second-order valence-electron chi connectivity index (χ2n) is 7.41. The first-order valence-electron chi connectivity index (χ1n) is 8.62. The summed E-state index contributed by atoms with van der Waals surface area (Å²) in [7, 11) is 1.58. The number of benzene rings is 1. The minimum atomic E-state index is -0.393. The van der Waals surface area contributed by atoms with E-state index in [1.54, 1.807) is 19.2 Å². The van der Waals surface area contributed by atoms with Crippen LogP contribution in [0.25, 0.3) is 0 Å². The molecule has 0 unspecified atom stereocenters. The fraction of sp³-hybridized carbons (Fsp3) is 0.579. The van der Waals surface area contributed by atoms with Crippen LogP contribution >= 0.6 is 11.6 Å². The van der Waals surface area contributed by atoms with Crippen molar-refractivity contribution in [3.05, 3.63) is 28.8 Å². The highest BCUT2D eigenvalue weighted by molar-refractivity contribution is 6.31. The molecular weight excluding hydrogens is 340 g/mol. The van der Waals surface area contributed by atoms with Crippen LogP contribution in [0.1, 0.15) is 32.8 Å². The van der Waals surface area contributed by atoms with Gasteiger partial charge >= 0.3 is 0 Å². The topological polar surface area (TPSA) is 49.9 Å². The van der Waals surface area contributed by atoms with E-state index in [9.17, 15) is 9.59 Å². The third-order valence-corrected chi connectivity index (χ3v) is 4.73. The van der Waals surface area contributed by atoms with Crippen molar-refractivity contribution in [2.24, 2.45) is 5.41 Å². The summed E-state index contributed by atoms with van der Waals surface area (Å²) in [5.41, 5.74) is 0.398. The Morgan fingerprint density at radius 3 is 2.36 bits per heavy atom. The molecule has 0 atom stereocenters. The lowest BCUT2D eigenvalue weighted by atomic mass is 9.94. The van der Waals surface area contributed by atoms with Crippen LogP contribution in [-0.4, -0.2) is 54.9 Å². The SMILES string of the molecule is COc1ccc(CC(=O)N2CCCN(C(=O)C(C)(C)C)CC2)c(Cl)c1. The van der Waals surface area contributed by atoms with Gasteiger partial charge in [0.05, 0.1) is 13.5 Å². The Morgan fingerprint density at radius 2 is 1.76 bits per heavy atom. The molecule has 1 aliphatic rings. The van der Waals surface area contributed by atoms with Crippen LogP contribution in [0.2, 0.25) is 5.02 Å². The molecule has 1 aliphatic heterocycles. The summed E-state index contributed by atoms with van der Waals surface area (Å²) in [6.45, 7) is 8.29. The van der Waals surface area contributed by atoms with E-state index in [1.165, 1.54) is 0 Å². The van der Waals surface area contributed by atoms with Crippen LogP contribution in [0.3, 0.4) is 0 Å². The first-order chi connectivity index (χ1) is 11.7. The summed E-state index contributed by atoms with van der Waals surface area (Å²) in [5, 5.41) is 0.534. The summed E-state index contributed by atoms with van der Waals surface area (Å²) in [6, 6.07) is 5.35. The first-order valence-corrected chi connectivity index (χ1v) is 8.99. The van der Waals surface area contributed by atoms with Gasteiger partial charge in [-0.2, -0.15) is 0 Å². The Balaban J connectivity index is 1.98. The molecular formula is C19H27ClN2O3. The Kier molecular flexibility index (Phi) is 6.33. The van der Waals surface area contributed by atoms with Crippen molar-refractivity contribution < 1.29 is 14.3 Å². The van der Waals surface area contributed by atoms with Gasteiger partial charge < -0.3 is 14.5 Å². The van der Waals surface area contributed by atoms with E-state index in [4.69, 9.17) is 16.3 Å². The van der Waals surface area contributed by atoms with Crippen LogP contribution in [0.4, 0.5) is 0 Å². The summed E-state index contributed by atoms with van der Waals surface area (Å²) >= 11 is 6.23. The quantitative estimate of drug-likeness (QED) is 0.826. The molecule has 0 N–H and O–H groups in total. The van der Waals surface area contributed by atoms with Crippen molar-refractivity contribution in [2.45, 2.75) is 33.6 Å². The highest BCUT2D eigenvalue weighted by Crippen LogP contribution is 2.24. The molecule has 1 heterocycles. The molecule has 0 radical (unpaired) electrons. The first kappa shape index (κ1) is 19.6. The number of ether oxygens (including phenoxy) is 1.